The molecule has 3 aromatic carbocycles. The molecule has 28 heavy (non-hydrogen) atoms. The Morgan fingerprint density at radius 2 is 1.57 bits per heavy atom. The summed E-state index contributed by atoms with van der Waals surface area (Å²) in [5.41, 5.74) is 5.10. The lowest BCUT2D eigenvalue weighted by Gasteiger charge is -2.09. The zero-order valence-electron chi connectivity index (χ0n) is 15.9. The summed E-state index contributed by atoms with van der Waals surface area (Å²) in [6.07, 6.45) is 0.856. The number of aryl methyl sites for hydroxylation is 2. The first-order valence-electron chi connectivity index (χ1n) is 9.58. The van der Waals surface area contributed by atoms with Crippen LogP contribution < -0.4 is 5.32 Å². The van der Waals surface area contributed by atoms with E-state index in [1.54, 1.807) is 0 Å². The van der Waals surface area contributed by atoms with Crippen LogP contribution in [0.1, 0.15) is 22.6 Å². The van der Waals surface area contributed by atoms with E-state index in [1.165, 1.54) is 0 Å². The number of benzene rings is 3. The van der Waals surface area contributed by atoms with E-state index in [-0.39, 0.29) is 5.91 Å². The zero-order valence-corrected chi connectivity index (χ0v) is 15.9. The van der Waals surface area contributed by atoms with Crippen molar-refractivity contribution in [1.82, 2.24) is 14.9 Å². The fourth-order valence-corrected chi connectivity index (χ4v) is 3.46. The van der Waals surface area contributed by atoms with E-state index in [9.17, 15) is 4.79 Å². The molecule has 0 saturated heterocycles. The lowest BCUT2D eigenvalue weighted by atomic mass is 10.0. The van der Waals surface area contributed by atoms with E-state index >= 15 is 0 Å². The van der Waals surface area contributed by atoms with Crippen LogP contribution in [0.15, 0.2) is 78.9 Å². The molecule has 1 aromatic heterocycles. The number of aromatic nitrogens is 2. The second kappa shape index (κ2) is 8.09. The van der Waals surface area contributed by atoms with Gasteiger partial charge in [0.1, 0.15) is 5.82 Å². The first-order valence-corrected chi connectivity index (χ1v) is 9.58. The number of carbonyl (C=O) groups excluding carboxylic acids is 1. The van der Waals surface area contributed by atoms with Gasteiger partial charge in [0.05, 0.1) is 11.0 Å². The number of hydrogen-bond acceptors (Lipinski definition) is 2. The van der Waals surface area contributed by atoms with Crippen LogP contribution in [-0.2, 0) is 6.54 Å². The second-order valence-electron chi connectivity index (χ2n) is 6.85. The lowest BCUT2D eigenvalue weighted by molar-refractivity contribution is 0.0953. The molecule has 0 unspecified atom stereocenters. The molecule has 4 heteroatoms. The Morgan fingerprint density at radius 1 is 0.893 bits per heavy atom. The van der Waals surface area contributed by atoms with Crippen molar-refractivity contribution in [2.24, 2.45) is 0 Å². The third kappa shape index (κ3) is 3.81. The predicted octanol–water partition coefficient (Wildman–Crippen LogP) is 4.83. The highest BCUT2D eigenvalue weighted by molar-refractivity contribution is 5.94. The zero-order chi connectivity index (χ0) is 19.3. The maximum atomic E-state index is 12.4. The number of rotatable bonds is 6. The van der Waals surface area contributed by atoms with E-state index in [1.807, 2.05) is 67.6 Å². The van der Waals surface area contributed by atoms with Crippen molar-refractivity contribution in [3.8, 4) is 11.1 Å². The standard InChI is InChI=1S/C24H23N3O/c1-18-26-22-10-5-6-11-23(22)27(18)17-7-16-25-24(28)21-14-12-20(13-15-21)19-8-3-2-4-9-19/h2-6,8-15H,7,16-17H2,1H3,(H,25,28). The normalized spacial score (nSPS) is 10.9. The van der Waals surface area contributed by atoms with Gasteiger partial charge in [-0.15, -0.1) is 0 Å². The van der Waals surface area contributed by atoms with Gasteiger partial charge in [0.2, 0.25) is 0 Å². The van der Waals surface area contributed by atoms with Crippen LogP contribution in [-0.4, -0.2) is 22.0 Å². The minimum absolute atomic E-state index is 0.0353. The quantitative estimate of drug-likeness (QED) is 0.495. The number of fused-ring (bicyclic) bond motifs is 1. The van der Waals surface area contributed by atoms with Gasteiger partial charge in [0.25, 0.3) is 5.91 Å². The molecule has 0 fully saturated rings. The van der Waals surface area contributed by atoms with Crippen LogP contribution in [0.5, 0.6) is 0 Å². The van der Waals surface area contributed by atoms with Gasteiger partial charge >= 0.3 is 0 Å². The van der Waals surface area contributed by atoms with Crippen molar-refractivity contribution in [3.63, 3.8) is 0 Å². The molecule has 0 saturated carbocycles. The summed E-state index contributed by atoms with van der Waals surface area (Å²) < 4.78 is 2.20. The molecule has 0 spiro atoms. The highest BCUT2D eigenvalue weighted by Gasteiger charge is 2.08. The van der Waals surface area contributed by atoms with Crippen molar-refractivity contribution in [2.45, 2.75) is 19.9 Å². The molecule has 4 aromatic rings. The van der Waals surface area contributed by atoms with E-state index < -0.39 is 0 Å². The summed E-state index contributed by atoms with van der Waals surface area (Å²) in [4.78, 5) is 17.0. The Balaban J connectivity index is 1.32. The monoisotopic (exact) mass is 369 g/mol. The molecule has 0 bridgehead atoms. The van der Waals surface area contributed by atoms with Crippen LogP contribution in [0.4, 0.5) is 0 Å². The Hall–Kier alpha value is -3.40. The van der Waals surface area contributed by atoms with E-state index in [2.05, 4.69) is 33.1 Å². The van der Waals surface area contributed by atoms with Gasteiger partial charge in [-0.05, 0) is 48.7 Å². The smallest absolute Gasteiger partial charge is 0.251 e. The van der Waals surface area contributed by atoms with Gasteiger partial charge in [0, 0.05) is 18.7 Å². The van der Waals surface area contributed by atoms with Gasteiger partial charge in [-0.3, -0.25) is 4.79 Å². The minimum Gasteiger partial charge on any atom is -0.352 e. The molecule has 0 aliphatic carbocycles. The van der Waals surface area contributed by atoms with Crippen LogP contribution in [0.25, 0.3) is 22.2 Å². The number of hydrogen-bond donors (Lipinski definition) is 1. The van der Waals surface area contributed by atoms with E-state index in [4.69, 9.17) is 0 Å². The molecule has 1 heterocycles. The average molecular weight is 369 g/mol. The molecule has 0 aliphatic heterocycles. The number of para-hydroxylation sites is 2. The summed E-state index contributed by atoms with van der Waals surface area (Å²) in [5.74, 6) is 0.968. The maximum absolute atomic E-state index is 12.4. The summed E-state index contributed by atoms with van der Waals surface area (Å²) >= 11 is 0. The molecule has 0 radical (unpaired) electrons. The van der Waals surface area contributed by atoms with Crippen LogP contribution >= 0.6 is 0 Å². The summed E-state index contributed by atoms with van der Waals surface area (Å²) in [6.45, 7) is 3.48. The molecule has 4 rings (SSSR count). The predicted molar refractivity (Wildman–Crippen MR) is 113 cm³/mol. The van der Waals surface area contributed by atoms with Crippen LogP contribution in [0, 0.1) is 6.92 Å². The third-order valence-electron chi connectivity index (χ3n) is 4.94. The van der Waals surface area contributed by atoms with Crippen molar-refractivity contribution >= 4 is 16.9 Å². The SMILES string of the molecule is Cc1nc2ccccc2n1CCCNC(=O)c1ccc(-c2ccccc2)cc1. The fourth-order valence-electron chi connectivity index (χ4n) is 3.46. The Morgan fingerprint density at radius 3 is 2.36 bits per heavy atom. The Kier molecular flexibility index (Phi) is 5.20. The second-order valence-corrected chi connectivity index (χ2v) is 6.85. The lowest BCUT2D eigenvalue weighted by Crippen LogP contribution is -2.25. The minimum atomic E-state index is -0.0353. The first-order chi connectivity index (χ1) is 13.7. The van der Waals surface area contributed by atoms with Gasteiger partial charge in [-0.2, -0.15) is 0 Å². The summed E-state index contributed by atoms with van der Waals surface area (Å²) in [6, 6.07) is 26.0. The van der Waals surface area contributed by atoms with Crippen molar-refractivity contribution in [3.05, 3.63) is 90.3 Å². The third-order valence-corrected chi connectivity index (χ3v) is 4.94. The largest absolute Gasteiger partial charge is 0.352 e. The van der Waals surface area contributed by atoms with Crippen molar-refractivity contribution in [1.29, 1.82) is 0 Å². The number of nitrogens with zero attached hydrogens (tertiary/aromatic N) is 2. The highest BCUT2D eigenvalue weighted by atomic mass is 16.1. The van der Waals surface area contributed by atoms with Crippen LogP contribution in [0.3, 0.4) is 0 Å². The number of carbonyl (C=O) groups is 1. The highest BCUT2D eigenvalue weighted by Crippen LogP contribution is 2.19. The topological polar surface area (TPSA) is 46.9 Å². The Labute approximate surface area is 164 Å². The number of amides is 1. The number of nitrogens with one attached hydrogen (secondary N) is 1. The molecule has 140 valence electrons. The summed E-state index contributed by atoms with van der Waals surface area (Å²) in [5, 5.41) is 3.02. The first kappa shape index (κ1) is 18.0. The van der Waals surface area contributed by atoms with E-state index in [0.29, 0.717) is 12.1 Å². The van der Waals surface area contributed by atoms with Gasteiger partial charge < -0.3 is 9.88 Å². The molecule has 0 atom stereocenters. The van der Waals surface area contributed by atoms with E-state index in [0.717, 1.165) is 41.0 Å². The van der Waals surface area contributed by atoms with Crippen molar-refractivity contribution in [2.75, 3.05) is 6.54 Å². The molecular formula is C24H23N3O. The molecule has 0 aliphatic rings. The maximum Gasteiger partial charge on any atom is 0.251 e. The molecule has 1 amide bonds. The van der Waals surface area contributed by atoms with Gasteiger partial charge in [-0.1, -0.05) is 54.6 Å². The average Bonchev–Trinajstić information content (AvgIpc) is 3.07. The van der Waals surface area contributed by atoms with Crippen molar-refractivity contribution < 1.29 is 4.79 Å². The number of imidazole rings is 1. The summed E-state index contributed by atoms with van der Waals surface area (Å²) in [7, 11) is 0. The van der Waals surface area contributed by atoms with Gasteiger partial charge in [0.15, 0.2) is 0 Å². The molecular weight excluding hydrogens is 346 g/mol. The van der Waals surface area contributed by atoms with Crippen LogP contribution in [0.2, 0.25) is 0 Å². The Bertz CT molecular complexity index is 1080. The molecule has 1 N–H and O–H groups in total. The van der Waals surface area contributed by atoms with Gasteiger partial charge in [-0.25, -0.2) is 4.98 Å². The molecule has 4 nitrogen and oxygen atoms in total. The fraction of sp³-hybridized carbons (Fsp3) is 0.167.